The first-order valence-electron chi connectivity index (χ1n) is 10.5. The molecule has 9 nitrogen and oxygen atoms in total. The van der Waals surface area contributed by atoms with Gasteiger partial charge in [-0.1, -0.05) is 29.8 Å². The number of aryl methyl sites for hydroxylation is 1. The largest absolute Gasteiger partial charge is 0.479 e. The van der Waals surface area contributed by atoms with E-state index in [-0.39, 0.29) is 35.4 Å². The summed E-state index contributed by atoms with van der Waals surface area (Å²) >= 11 is 6.13. The minimum atomic E-state index is -0.540. The number of anilines is 1. The van der Waals surface area contributed by atoms with Crippen LogP contribution in [0.2, 0.25) is 5.02 Å². The number of nitrogens with one attached hydrogen (secondary N) is 1. The van der Waals surface area contributed by atoms with Gasteiger partial charge in [0.15, 0.2) is 11.5 Å². The summed E-state index contributed by atoms with van der Waals surface area (Å²) in [5.41, 5.74) is 1.75. The highest BCUT2D eigenvalue weighted by molar-refractivity contribution is 6.31. The molecule has 4 rings (SSSR count). The zero-order chi connectivity index (χ0) is 25.1. The molecule has 0 bridgehead atoms. The molecule has 0 aliphatic heterocycles. The number of amides is 1. The number of benzene rings is 2. The molecule has 2 aromatic heterocycles. The molecule has 180 valence electrons. The summed E-state index contributed by atoms with van der Waals surface area (Å²) in [5, 5.41) is 18.6. The number of aromatic nitrogens is 2. The standard InChI is InChI=1S/C24H20ClFN4O5/c1-14-23(15(2)29(28-14)12-17-18(25)6-5-7-19(17)26)27-24(31)22-11-10-16(35-22)13-34-21-9-4-3-8-20(21)30(32)33/h3-11H,12-13H2,1-2H3,(H,27,31). The van der Waals surface area contributed by atoms with Gasteiger partial charge in [-0.2, -0.15) is 5.10 Å². The van der Waals surface area contributed by atoms with Crippen LogP contribution in [0.5, 0.6) is 5.75 Å². The molecule has 0 saturated heterocycles. The van der Waals surface area contributed by atoms with Gasteiger partial charge in [0, 0.05) is 16.7 Å². The Balaban J connectivity index is 1.45. The van der Waals surface area contributed by atoms with Crippen LogP contribution in [-0.2, 0) is 13.2 Å². The fourth-order valence-corrected chi connectivity index (χ4v) is 3.72. The molecule has 2 heterocycles. The number of nitrogens with zero attached hydrogens (tertiary/aromatic N) is 3. The van der Waals surface area contributed by atoms with Crippen molar-refractivity contribution in [3.63, 3.8) is 0 Å². The van der Waals surface area contributed by atoms with Gasteiger partial charge in [-0.15, -0.1) is 0 Å². The van der Waals surface area contributed by atoms with E-state index in [1.54, 1.807) is 36.7 Å². The van der Waals surface area contributed by atoms with Gasteiger partial charge < -0.3 is 14.5 Å². The number of nitro benzene ring substituents is 1. The number of hydrogen-bond donors (Lipinski definition) is 1. The van der Waals surface area contributed by atoms with Gasteiger partial charge in [-0.3, -0.25) is 19.6 Å². The van der Waals surface area contributed by atoms with Crippen molar-refractivity contribution >= 4 is 28.9 Å². The van der Waals surface area contributed by atoms with Gasteiger partial charge in [-0.05, 0) is 44.2 Å². The lowest BCUT2D eigenvalue weighted by molar-refractivity contribution is -0.386. The Kier molecular flexibility index (Phi) is 6.83. The summed E-state index contributed by atoms with van der Waals surface area (Å²) in [6.45, 7) is 3.47. The van der Waals surface area contributed by atoms with Crippen LogP contribution in [0, 0.1) is 29.8 Å². The highest BCUT2D eigenvalue weighted by atomic mass is 35.5. The first-order chi connectivity index (χ1) is 16.7. The maximum Gasteiger partial charge on any atom is 0.310 e. The molecular weight excluding hydrogens is 479 g/mol. The number of carbonyl (C=O) groups is 1. The van der Waals surface area contributed by atoms with Crippen molar-refractivity contribution in [3.05, 3.63) is 104 Å². The molecule has 1 N–H and O–H groups in total. The Morgan fingerprint density at radius 1 is 1.20 bits per heavy atom. The zero-order valence-corrected chi connectivity index (χ0v) is 19.5. The van der Waals surface area contributed by atoms with Crippen molar-refractivity contribution in [3.8, 4) is 5.75 Å². The summed E-state index contributed by atoms with van der Waals surface area (Å²) in [5.74, 6) is -0.534. The third-order valence-corrected chi connectivity index (χ3v) is 5.66. The van der Waals surface area contributed by atoms with E-state index < -0.39 is 16.6 Å². The predicted molar refractivity (Wildman–Crippen MR) is 126 cm³/mol. The fourth-order valence-electron chi connectivity index (χ4n) is 3.50. The summed E-state index contributed by atoms with van der Waals surface area (Å²) in [6, 6.07) is 13.4. The topological polar surface area (TPSA) is 112 Å². The van der Waals surface area contributed by atoms with Crippen molar-refractivity contribution in [1.82, 2.24) is 9.78 Å². The van der Waals surface area contributed by atoms with Crippen LogP contribution in [0.15, 0.2) is 59.0 Å². The Morgan fingerprint density at radius 2 is 1.97 bits per heavy atom. The average Bonchev–Trinajstić information content (AvgIpc) is 3.40. The number of carbonyl (C=O) groups excluding carboxylic acids is 1. The van der Waals surface area contributed by atoms with Gasteiger partial charge in [0.25, 0.3) is 5.91 Å². The lowest BCUT2D eigenvalue weighted by Crippen LogP contribution is -2.13. The van der Waals surface area contributed by atoms with Crippen molar-refractivity contribution < 1.29 is 23.3 Å². The number of halogens is 2. The average molecular weight is 499 g/mol. The molecular formula is C24H20ClFN4O5. The Morgan fingerprint density at radius 3 is 2.71 bits per heavy atom. The first-order valence-corrected chi connectivity index (χ1v) is 10.9. The second kappa shape index (κ2) is 9.98. The molecule has 11 heteroatoms. The number of ether oxygens (including phenoxy) is 1. The van der Waals surface area contributed by atoms with E-state index in [2.05, 4.69) is 10.4 Å². The van der Waals surface area contributed by atoms with Crippen molar-refractivity contribution in [2.45, 2.75) is 27.0 Å². The van der Waals surface area contributed by atoms with Crippen LogP contribution in [-0.4, -0.2) is 20.6 Å². The lowest BCUT2D eigenvalue weighted by Gasteiger charge is -2.09. The minimum absolute atomic E-state index is 0.0230. The molecule has 0 saturated carbocycles. The molecule has 0 fully saturated rings. The van der Waals surface area contributed by atoms with Crippen LogP contribution in [0.3, 0.4) is 0 Å². The third-order valence-electron chi connectivity index (χ3n) is 5.31. The molecule has 0 aliphatic rings. The van der Waals surface area contributed by atoms with Gasteiger partial charge in [0.2, 0.25) is 0 Å². The molecule has 1 amide bonds. The maximum atomic E-state index is 14.2. The number of hydrogen-bond acceptors (Lipinski definition) is 6. The quantitative estimate of drug-likeness (QED) is 0.247. The SMILES string of the molecule is Cc1nn(Cc2c(F)cccc2Cl)c(C)c1NC(=O)c1ccc(COc2ccccc2[N+](=O)[O-])o1. The van der Waals surface area contributed by atoms with Crippen LogP contribution in [0.25, 0.3) is 0 Å². The molecule has 0 spiro atoms. The Bertz CT molecular complexity index is 1390. The second-order valence-electron chi connectivity index (χ2n) is 7.64. The molecule has 4 aromatic rings. The molecule has 35 heavy (non-hydrogen) atoms. The Hall–Kier alpha value is -4.18. The summed E-state index contributed by atoms with van der Waals surface area (Å²) in [4.78, 5) is 23.3. The van der Waals surface area contributed by atoms with E-state index in [4.69, 9.17) is 20.8 Å². The predicted octanol–water partition coefficient (Wildman–Crippen LogP) is 5.67. The van der Waals surface area contributed by atoms with Crippen LogP contribution in [0.4, 0.5) is 15.8 Å². The number of furan rings is 1. The van der Waals surface area contributed by atoms with E-state index in [0.717, 1.165) is 0 Å². The molecule has 0 radical (unpaired) electrons. The number of nitro groups is 1. The van der Waals surface area contributed by atoms with Crippen LogP contribution >= 0.6 is 11.6 Å². The number of para-hydroxylation sites is 2. The van der Waals surface area contributed by atoms with Crippen molar-refractivity contribution in [1.29, 1.82) is 0 Å². The monoisotopic (exact) mass is 498 g/mol. The minimum Gasteiger partial charge on any atom is -0.479 e. The number of rotatable bonds is 8. The van der Waals surface area contributed by atoms with Gasteiger partial charge in [0.1, 0.15) is 18.2 Å². The van der Waals surface area contributed by atoms with E-state index in [1.807, 2.05) is 0 Å². The fraction of sp³-hybridized carbons (Fsp3) is 0.167. The van der Waals surface area contributed by atoms with E-state index in [9.17, 15) is 19.3 Å². The van der Waals surface area contributed by atoms with E-state index in [1.165, 1.54) is 36.4 Å². The highest BCUT2D eigenvalue weighted by Crippen LogP contribution is 2.28. The Labute approximate surface area is 204 Å². The zero-order valence-electron chi connectivity index (χ0n) is 18.7. The second-order valence-corrected chi connectivity index (χ2v) is 8.04. The summed E-state index contributed by atoms with van der Waals surface area (Å²) in [7, 11) is 0. The summed E-state index contributed by atoms with van der Waals surface area (Å²) < 4.78 is 26.8. The molecule has 2 aromatic carbocycles. The summed E-state index contributed by atoms with van der Waals surface area (Å²) in [6.07, 6.45) is 0. The van der Waals surface area contributed by atoms with Gasteiger partial charge in [-0.25, -0.2) is 4.39 Å². The maximum absolute atomic E-state index is 14.2. The normalized spacial score (nSPS) is 10.9. The molecule has 0 atom stereocenters. The highest BCUT2D eigenvalue weighted by Gasteiger charge is 2.20. The lowest BCUT2D eigenvalue weighted by atomic mass is 10.2. The van der Waals surface area contributed by atoms with Crippen LogP contribution in [0.1, 0.15) is 33.3 Å². The van der Waals surface area contributed by atoms with Gasteiger partial charge >= 0.3 is 5.69 Å². The van der Waals surface area contributed by atoms with Crippen LogP contribution < -0.4 is 10.1 Å². The van der Waals surface area contributed by atoms with Crippen molar-refractivity contribution in [2.24, 2.45) is 0 Å². The smallest absolute Gasteiger partial charge is 0.310 e. The third kappa shape index (κ3) is 5.17. The molecule has 0 unspecified atom stereocenters. The van der Waals surface area contributed by atoms with Gasteiger partial charge in [0.05, 0.1) is 28.5 Å². The van der Waals surface area contributed by atoms with E-state index in [0.29, 0.717) is 28.4 Å². The van der Waals surface area contributed by atoms with E-state index >= 15 is 0 Å². The van der Waals surface area contributed by atoms with Crippen molar-refractivity contribution in [2.75, 3.05) is 5.32 Å². The molecule has 0 aliphatic carbocycles. The first kappa shape index (κ1) is 24.0.